The number of nitrogens with one attached hydrogen (secondary N) is 1. The van der Waals surface area contributed by atoms with Crippen LogP contribution in [-0.4, -0.2) is 24.5 Å². The number of aryl methyl sites for hydroxylation is 1. The Labute approximate surface area is 157 Å². The summed E-state index contributed by atoms with van der Waals surface area (Å²) in [6.07, 6.45) is 0.575. The van der Waals surface area contributed by atoms with Crippen molar-refractivity contribution in [2.75, 3.05) is 6.61 Å². The van der Waals surface area contributed by atoms with Gasteiger partial charge in [-0.2, -0.15) is 0 Å². The molecule has 0 saturated carbocycles. The number of rotatable bonds is 7. The van der Waals surface area contributed by atoms with Crippen molar-refractivity contribution in [3.05, 3.63) is 77.0 Å². The minimum Gasteiger partial charge on any atom is -0.460 e. The first-order valence-electron chi connectivity index (χ1n) is 8.47. The predicted molar refractivity (Wildman–Crippen MR) is 101 cm³/mol. The molecule has 2 aromatic carbocycles. The van der Waals surface area contributed by atoms with Crippen LogP contribution in [-0.2, 0) is 25.7 Å². The monoisotopic (exact) mass is 367 g/mol. The summed E-state index contributed by atoms with van der Waals surface area (Å²) in [5.41, 5.74) is 2.22. The number of hydrogen-bond acceptors (Lipinski definition) is 5. The van der Waals surface area contributed by atoms with E-state index in [0.717, 1.165) is 11.1 Å². The number of esters is 1. The first-order chi connectivity index (χ1) is 13.0. The third kappa shape index (κ3) is 6.43. The minimum absolute atomic E-state index is 0.0397. The quantitative estimate of drug-likeness (QED) is 0.461. The first kappa shape index (κ1) is 19.9. The van der Waals surface area contributed by atoms with Crippen molar-refractivity contribution in [3.8, 4) is 0 Å². The lowest BCUT2D eigenvalue weighted by Crippen LogP contribution is -2.32. The number of benzene rings is 2. The molecule has 1 N–H and O–H groups in total. The number of alkyl carbamates (subject to hydrolysis) is 1. The lowest BCUT2D eigenvalue weighted by atomic mass is 10.1. The molecule has 0 spiro atoms. The Kier molecular flexibility index (Phi) is 7.31. The van der Waals surface area contributed by atoms with Gasteiger partial charge in [-0.05, 0) is 31.1 Å². The van der Waals surface area contributed by atoms with Crippen molar-refractivity contribution < 1.29 is 23.9 Å². The maximum atomic E-state index is 12.3. The van der Waals surface area contributed by atoms with Crippen molar-refractivity contribution in [2.45, 2.75) is 20.5 Å². The van der Waals surface area contributed by atoms with Gasteiger partial charge in [0.25, 0.3) is 5.78 Å². The van der Waals surface area contributed by atoms with Crippen molar-refractivity contribution in [3.63, 3.8) is 0 Å². The fraction of sp³-hybridized carbons (Fsp3) is 0.190. The molecule has 0 heterocycles. The summed E-state index contributed by atoms with van der Waals surface area (Å²) in [6, 6.07) is 16.4. The van der Waals surface area contributed by atoms with E-state index in [1.165, 1.54) is 6.08 Å². The van der Waals surface area contributed by atoms with Crippen LogP contribution in [0.15, 0.2) is 60.3 Å². The highest BCUT2D eigenvalue weighted by atomic mass is 16.5. The smallest absolute Gasteiger partial charge is 0.412 e. The molecule has 0 atom stereocenters. The second-order valence-corrected chi connectivity index (χ2v) is 5.71. The molecule has 0 aliphatic rings. The standard InChI is InChI=1S/C21H21NO5/c1-3-26-20(24)19(23)18(13-17-11-7-8-15(2)12-17)22-21(25)27-14-16-9-5-4-6-10-16/h4-13H,3,14H2,1-2H3,(H,22,25)/b18-13-. The summed E-state index contributed by atoms with van der Waals surface area (Å²) in [6.45, 7) is 3.58. The highest BCUT2D eigenvalue weighted by molar-refractivity contribution is 6.41. The van der Waals surface area contributed by atoms with Gasteiger partial charge < -0.3 is 9.47 Å². The molecule has 0 aromatic heterocycles. The third-order valence-corrected chi connectivity index (χ3v) is 3.51. The zero-order valence-corrected chi connectivity index (χ0v) is 15.2. The second-order valence-electron chi connectivity index (χ2n) is 5.71. The number of ketones is 1. The van der Waals surface area contributed by atoms with E-state index in [2.05, 4.69) is 5.32 Å². The summed E-state index contributed by atoms with van der Waals surface area (Å²) in [7, 11) is 0. The van der Waals surface area contributed by atoms with Crippen LogP contribution < -0.4 is 5.32 Å². The van der Waals surface area contributed by atoms with Crippen LogP contribution in [0.5, 0.6) is 0 Å². The van der Waals surface area contributed by atoms with Crippen LogP contribution in [0.1, 0.15) is 23.6 Å². The van der Waals surface area contributed by atoms with Gasteiger partial charge in [-0.1, -0.05) is 60.2 Å². The van der Waals surface area contributed by atoms with Gasteiger partial charge in [0, 0.05) is 0 Å². The Morgan fingerprint density at radius 3 is 2.41 bits per heavy atom. The molecular weight excluding hydrogens is 346 g/mol. The number of ether oxygens (including phenoxy) is 2. The SMILES string of the molecule is CCOC(=O)C(=O)/C(=C/c1cccc(C)c1)NC(=O)OCc1ccccc1. The predicted octanol–water partition coefficient (Wildman–Crippen LogP) is 3.39. The fourth-order valence-electron chi connectivity index (χ4n) is 2.26. The van der Waals surface area contributed by atoms with Crippen molar-refractivity contribution >= 4 is 23.9 Å². The maximum absolute atomic E-state index is 12.3. The van der Waals surface area contributed by atoms with E-state index in [1.54, 1.807) is 31.2 Å². The number of amides is 1. The van der Waals surface area contributed by atoms with E-state index in [9.17, 15) is 14.4 Å². The molecule has 0 bridgehead atoms. The topological polar surface area (TPSA) is 81.7 Å². The van der Waals surface area contributed by atoms with Crippen LogP contribution in [0.4, 0.5) is 4.79 Å². The minimum atomic E-state index is -1.04. The summed E-state index contributed by atoms with van der Waals surface area (Å²) in [4.78, 5) is 36.2. The molecule has 6 heteroatoms. The number of carbonyl (C=O) groups is 3. The molecule has 2 aromatic rings. The van der Waals surface area contributed by atoms with E-state index in [-0.39, 0.29) is 18.9 Å². The molecule has 140 valence electrons. The third-order valence-electron chi connectivity index (χ3n) is 3.51. The first-order valence-corrected chi connectivity index (χ1v) is 8.47. The van der Waals surface area contributed by atoms with Gasteiger partial charge >= 0.3 is 12.1 Å². The molecule has 27 heavy (non-hydrogen) atoms. The molecule has 0 unspecified atom stereocenters. The number of Topliss-reactive ketones (excluding diaryl/α,β-unsaturated/α-hetero) is 1. The lowest BCUT2D eigenvalue weighted by Gasteiger charge is -2.10. The summed E-state index contributed by atoms with van der Waals surface area (Å²) in [5.74, 6) is -1.99. The molecule has 0 radical (unpaired) electrons. The average Bonchev–Trinajstić information content (AvgIpc) is 2.66. The molecule has 0 aliphatic carbocycles. The molecular formula is C21H21NO5. The molecule has 0 saturated heterocycles. The van der Waals surface area contributed by atoms with Gasteiger partial charge in [0.05, 0.1) is 12.3 Å². The Morgan fingerprint density at radius 1 is 1.00 bits per heavy atom. The Morgan fingerprint density at radius 2 is 1.74 bits per heavy atom. The highest BCUT2D eigenvalue weighted by Gasteiger charge is 2.22. The Hall–Kier alpha value is -3.41. The van der Waals surface area contributed by atoms with Crippen molar-refractivity contribution in [1.82, 2.24) is 5.32 Å². The highest BCUT2D eigenvalue weighted by Crippen LogP contribution is 2.10. The Balaban J connectivity index is 2.15. The van der Waals surface area contributed by atoms with Gasteiger partial charge in [0.15, 0.2) is 0 Å². The lowest BCUT2D eigenvalue weighted by molar-refractivity contribution is -0.151. The maximum Gasteiger partial charge on any atom is 0.412 e. The van der Waals surface area contributed by atoms with Gasteiger partial charge in [-0.3, -0.25) is 10.1 Å². The number of carbonyl (C=O) groups excluding carboxylic acids is 3. The molecule has 0 fully saturated rings. The zero-order valence-electron chi connectivity index (χ0n) is 15.2. The van der Waals surface area contributed by atoms with Crippen molar-refractivity contribution in [1.29, 1.82) is 0 Å². The average molecular weight is 367 g/mol. The van der Waals surface area contributed by atoms with E-state index >= 15 is 0 Å². The molecule has 2 rings (SSSR count). The summed E-state index contributed by atoms with van der Waals surface area (Å²) >= 11 is 0. The van der Waals surface area contributed by atoms with Crippen LogP contribution in [0.2, 0.25) is 0 Å². The molecule has 1 amide bonds. The summed E-state index contributed by atoms with van der Waals surface area (Å²) in [5, 5.41) is 2.34. The normalized spacial score (nSPS) is 10.8. The number of hydrogen-bond donors (Lipinski definition) is 1. The van der Waals surface area contributed by atoms with E-state index in [1.807, 2.05) is 37.3 Å². The fourth-order valence-corrected chi connectivity index (χ4v) is 2.26. The van der Waals surface area contributed by atoms with Crippen LogP contribution >= 0.6 is 0 Å². The molecule has 6 nitrogen and oxygen atoms in total. The van der Waals surface area contributed by atoms with Crippen LogP contribution in [0, 0.1) is 6.92 Å². The van der Waals surface area contributed by atoms with E-state index in [0.29, 0.717) is 5.56 Å². The van der Waals surface area contributed by atoms with Gasteiger partial charge in [0.1, 0.15) is 6.61 Å². The molecule has 0 aliphatic heterocycles. The zero-order chi connectivity index (χ0) is 19.6. The van der Waals surface area contributed by atoms with Crippen molar-refractivity contribution in [2.24, 2.45) is 0 Å². The van der Waals surface area contributed by atoms with E-state index < -0.39 is 17.8 Å². The largest absolute Gasteiger partial charge is 0.460 e. The van der Waals surface area contributed by atoms with Gasteiger partial charge in [-0.25, -0.2) is 9.59 Å². The van der Waals surface area contributed by atoms with Crippen LogP contribution in [0.3, 0.4) is 0 Å². The van der Waals surface area contributed by atoms with Gasteiger partial charge in [0.2, 0.25) is 0 Å². The van der Waals surface area contributed by atoms with Gasteiger partial charge in [-0.15, -0.1) is 0 Å². The Bertz CT molecular complexity index is 843. The van der Waals surface area contributed by atoms with Crippen LogP contribution in [0.25, 0.3) is 6.08 Å². The second kappa shape index (κ2) is 9.91. The van der Waals surface area contributed by atoms with E-state index in [4.69, 9.17) is 9.47 Å². The summed E-state index contributed by atoms with van der Waals surface area (Å²) < 4.78 is 9.85.